The first-order valence-electron chi connectivity index (χ1n) is 6.99. The van der Waals surface area contributed by atoms with E-state index in [9.17, 15) is 9.59 Å². The van der Waals surface area contributed by atoms with E-state index >= 15 is 0 Å². The molecule has 3 unspecified atom stereocenters. The van der Waals surface area contributed by atoms with E-state index < -0.39 is 6.04 Å². The van der Waals surface area contributed by atoms with Crippen molar-refractivity contribution in [3.05, 3.63) is 0 Å². The number of likely N-dealkylation sites (N-methyl/N-ethyl adjacent to an activating group) is 1. The Hall–Kier alpha value is -1.14. The third kappa shape index (κ3) is 4.80. The molecular formula is C13H25N3O3. The molecule has 0 bridgehead atoms. The van der Waals surface area contributed by atoms with Crippen molar-refractivity contribution in [3.63, 3.8) is 0 Å². The third-order valence-corrected chi connectivity index (χ3v) is 3.18. The molecule has 1 aliphatic heterocycles. The summed E-state index contributed by atoms with van der Waals surface area (Å²) in [6, 6.07) is -0.474. The average molecular weight is 271 g/mol. The van der Waals surface area contributed by atoms with Gasteiger partial charge in [-0.2, -0.15) is 0 Å². The van der Waals surface area contributed by atoms with Crippen molar-refractivity contribution in [3.8, 4) is 0 Å². The molecule has 0 spiro atoms. The SMILES string of the molecule is CCCNC(=O)C(C)NC(=O)C1COCC1NCC. The van der Waals surface area contributed by atoms with Gasteiger partial charge in [0.1, 0.15) is 6.04 Å². The number of carbonyl (C=O) groups excluding carboxylic acids is 2. The van der Waals surface area contributed by atoms with E-state index in [1.807, 2.05) is 13.8 Å². The number of hydrogen-bond donors (Lipinski definition) is 3. The van der Waals surface area contributed by atoms with Crippen LogP contribution in [0.4, 0.5) is 0 Å². The summed E-state index contributed by atoms with van der Waals surface area (Å²) in [5.74, 6) is -0.488. The van der Waals surface area contributed by atoms with Crippen molar-refractivity contribution < 1.29 is 14.3 Å². The van der Waals surface area contributed by atoms with Gasteiger partial charge in [-0.15, -0.1) is 0 Å². The monoisotopic (exact) mass is 271 g/mol. The van der Waals surface area contributed by atoms with Gasteiger partial charge >= 0.3 is 0 Å². The summed E-state index contributed by atoms with van der Waals surface area (Å²) in [5, 5.41) is 8.74. The van der Waals surface area contributed by atoms with Crippen molar-refractivity contribution in [2.24, 2.45) is 5.92 Å². The second-order valence-electron chi connectivity index (χ2n) is 4.83. The molecule has 0 aromatic carbocycles. The Morgan fingerprint density at radius 3 is 2.68 bits per heavy atom. The second kappa shape index (κ2) is 8.12. The molecule has 1 fully saturated rings. The quantitative estimate of drug-likeness (QED) is 0.591. The Labute approximate surface area is 114 Å². The van der Waals surface area contributed by atoms with Gasteiger partial charge in [-0.05, 0) is 19.9 Å². The standard InChI is InChI=1S/C13H25N3O3/c1-4-6-15-12(17)9(3)16-13(18)10-7-19-8-11(10)14-5-2/h9-11,14H,4-8H2,1-3H3,(H,15,17)(H,16,18). The highest BCUT2D eigenvalue weighted by molar-refractivity contribution is 5.88. The summed E-state index contributed by atoms with van der Waals surface area (Å²) < 4.78 is 5.33. The van der Waals surface area contributed by atoms with Crippen LogP contribution in [-0.2, 0) is 14.3 Å². The summed E-state index contributed by atoms with van der Waals surface area (Å²) in [4.78, 5) is 23.8. The third-order valence-electron chi connectivity index (χ3n) is 3.18. The maximum absolute atomic E-state index is 12.1. The Morgan fingerprint density at radius 1 is 1.32 bits per heavy atom. The molecule has 0 saturated carbocycles. The zero-order valence-electron chi connectivity index (χ0n) is 12.0. The molecule has 0 aromatic heterocycles. The summed E-state index contributed by atoms with van der Waals surface area (Å²) in [6.07, 6.45) is 0.880. The molecule has 2 amide bonds. The Balaban J connectivity index is 2.42. The first-order chi connectivity index (χ1) is 9.10. The largest absolute Gasteiger partial charge is 0.379 e. The minimum Gasteiger partial charge on any atom is -0.379 e. The normalized spacial score (nSPS) is 23.9. The minimum absolute atomic E-state index is 0.0379. The molecule has 6 nitrogen and oxygen atoms in total. The van der Waals surface area contributed by atoms with Gasteiger partial charge in [-0.3, -0.25) is 9.59 Å². The lowest BCUT2D eigenvalue weighted by Gasteiger charge is -2.20. The molecule has 3 atom stereocenters. The van der Waals surface area contributed by atoms with Crippen LogP contribution in [0.5, 0.6) is 0 Å². The highest BCUT2D eigenvalue weighted by atomic mass is 16.5. The predicted octanol–water partition coefficient (Wildman–Crippen LogP) is -0.358. The Morgan fingerprint density at radius 2 is 2.05 bits per heavy atom. The maximum Gasteiger partial charge on any atom is 0.242 e. The fraction of sp³-hybridized carbons (Fsp3) is 0.846. The first kappa shape index (κ1) is 15.9. The van der Waals surface area contributed by atoms with Gasteiger partial charge in [-0.25, -0.2) is 0 Å². The topological polar surface area (TPSA) is 79.5 Å². The van der Waals surface area contributed by atoms with E-state index in [1.54, 1.807) is 6.92 Å². The molecule has 0 radical (unpaired) electrons. The minimum atomic E-state index is -0.512. The highest BCUT2D eigenvalue weighted by Gasteiger charge is 2.34. The van der Waals surface area contributed by atoms with E-state index in [1.165, 1.54) is 0 Å². The van der Waals surface area contributed by atoms with Crippen molar-refractivity contribution in [1.29, 1.82) is 0 Å². The molecule has 6 heteroatoms. The van der Waals surface area contributed by atoms with Crippen molar-refractivity contribution in [2.45, 2.75) is 39.3 Å². The smallest absolute Gasteiger partial charge is 0.242 e. The van der Waals surface area contributed by atoms with E-state index in [2.05, 4.69) is 16.0 Å². The summed E-state index contributed by atoms with van der Waals surface area (Å²) in [7, 11) is 0. The van der Waals surface area contributed by atoms with E-state index in [0.29, 0.717) is 19.8 Å². The number of rotatable bonds is 7. The number of amides is 2. The van der Waals surface area contributed by atoms with Crippen LogP contribution in [0.2, 0.25) is 0 Å². The van der Waals surface area contributed by atoms with Crippen LogP contribution >= 0.6 is 0 Å². The summed E-state index contributed by atoms with van der Waals surface area (Å²) >= 11 is 0. The summed E-state index contributed by atoms with van der Waals surface area (Å²) in [6.45, 7) is 8.06. The van der Waals surface area contributed by atoms with Crippen LogP contribution in [0.1, 0.15) is 27.2 Å². The fourth-order valence-corrected chi connectivity index (χ4v) is 2.06. The molecule has 110 valence electrons. The zero-order chi connectivity index (χ0) is 14.3. The first-order valence-corrected chi connectivity index (χ1v) is 6.99. The van der Waals surface area contributed by atoms with Crippen LogP contribution in [0, 0.1) is 5.92 Å². The van der Waals surface area contributed by atoms with Gasteiger partial charge in [0.25, 0.3) is 0 Å². The highest BCUT2D eigenvalue weighted by Crippen LogP contribution is 2.14. The molecule has 19 heavy (non-hydrogen) atoms. The Bertz CT molecular complexity index is 310. The molecule has 1 aliphatic rings. The molecule has 1 saturated heterocycles. The van der Waals surface area contributed by atoms with Crippen LogP contribution in [-0.4, -0.2) is 50.2 Å². The fourth-order valence-electron chi connectivity index (χ4n) is 2.06. The number of hydrogen-bond acceptors (Lipinski definition) is 4. The molecule has 1 heterocycles. The van der Waals surface area contributed by atoms with E-state index in [4.69, 9.17) is 4.74 Å². The molecular weight excluding hydrogens is 246 g/mol. The zero-order valence-corrected chi connectivity index (χ0v) is 12.0. The second-order valence-corrected chi connectivity index (χ2v) is 4.83. The van der Waals surface area contributed by atoms with Crippen LogP contribution in [0.25, 0.3) is 0 Å². The van der Waals surface area contributed by atoms with Gasteiger partial charge in [0, 0.05) is 12.6 Å². The Kier molecular flexibility index (Phi) is 6.80. The number of carbonyl (C=O) groups is 2. The van der Waals surface area contributed by atoms with E-state index in [0.717, 1.165) is 13.0 Å². The van der Waals surface area contributed by atoms with Crippen LogP contribution < -0.4 is 16.0 Å². The number of nitrogens with one attached hydrogen (secondary N) is 3. The van der Waals surface area contributed by atoms with Gasteiger partial charge < -0.3 is 20.7 Å². The van der Waals surface area contributed by atoms with Gasteiger partial charge in [-0.1, -0.05) is 13.8 Å². The van der Waals surface area contributed by atoms with E-state index in [-0.39, 0.29) is 23.8 Å². The molecule has 1 rings (SSSR count). The average Bonchev–Trinajstić information content (AvgIpc) is 2.84. The maximum atomic E-state index is 12.1. The lowest BCUT2D eigenvalue weighted by molar-refractivity contribution is -0.131. The molecule has 3 N–H and O–H groups in total. The van der Waals surface area contributed by atoms with Crippen LogP contribution in [0.3, 0.4) is 0 Å². The lowest BCUT2D eigenvalue weighted by atomic mass is 10.0. The summed E-state index contributed by atoms with van der Waals surface area (Å²) in [5.41, 5.74) is 0. The van der Waals surface area contributed by atoms with Gasteiger partial charge in [0.05, 0.1) is 19.1 Å². The molecule has 0 aromatic rings. The number of ether oxygens (including phenoxy) is 1. The lowest BCUT2D eigenvalue weighted by Crippen LogP contribution is -2.50. The van der Waals surface area contributed by atoms with Gasteiger partial charge in [0.15, 0.2) is 0 Å². The van der Waals surface area contributed by atoms with Crippen molar-refractivity contribution >= 4 is 11.8 Å². The molecule has 0 aliphatic carbocycles. The van der Waals surface area contributed by atoms with Crippen molar-refractivity contribution in [2.75, 3.05) is 26.3 Å². The predicted molar refractivity (Wildman–Crippen MR) is 72.7 cm³/mol. The van der Waals surface area contributed by atoms with Gasteiger partial charge in [0.2, 0.25) is 11.8 Å². The van der Waals surface area contributed by atoms with Crippen LogP contribution in [0.15, 0.2) is 0 Å². The van der Waals surface area contributed by atoms with Crippen molar-refractivity contribution in [1.82, 2.24) is 16.0 Å².